The van der Waals surface area contributed by atoms with Gasteiger partial charge in [-0.1, -0.05) is 51.4 Å². The number of carbonyl (C=O) groups is 3. The van der Waals surface area contributed by atoms with Crippen molar-refractivity contribution in [3.8, 4) is 11.5 Å². The molecule has 2 aromatic carbocycles. The van der Waals surface area contributed by atoms with Crippen LogP contribution in [-0.2, 0) is 14.4 Å². The zero-order valence-corrected chi connectivity index (χ0v) is 29.1. The van der Waals surface area contributed by atoms with Crippen LogP contribution < -0.4 is 14.8 Å². The lowest BCUT2D eigenvalue weighted by molar-refractivity contribution is -0.120. The summed E-state index contributed by atoms with van der Waals surface area (Å²) < 4.78 is 12.8. The topological polar surface area (TPSA) is 84.9 Å². The maximum Gasteiger partial charge on any atom is 0.262 e. The second-order valence-corrected chi connectivity index (χ2v) is 14.9. The van der Waals surface area contributed by atoms with Crippen LogP contribution in [0.2, 0.25) is 5.02 Å². The smallest absolute Gasteiger partial charge is 0.262 e. The van der Waals surface area contributed by atoms with E-state index in [0.29, 0.717) is 48.2 Å². The fraction of sp³-hybridized carbons (Fsp3) is 0.457. The molecule has 5 rings (SSSR count). The zero-order valence-electron chi connectivity index (χ0n) is 26.2. The van der Waals surface area contributed by atoms with E-state index in [1.54, 1.807) is 24.3 Å². The summed E-state index contributed by atoms with van der Waals surface area (Å²) in [5, 5.41) is 3.22. The Morgan fingerprint density at radius 2 is 1.55 bits per heavy atom. The molecule has 7 nitrogen and oxygen atoms in total. The third-order valence-electron chi connectivity index (χ3n) is 8.50. The van der Waals surface area contributed by atoms with Crippen molar-refractivity contribution >= 4 is 57.4 Å². The predicted octanol–water partition coefficient (Wildman–Crippen LogP) is 8.07. The summed E-state index contributed by atoms with van der Waals surface area (Å²) in [7, 11) is 0. The number of hydrogen-bond donors (Lipinski definition) is 1. The first-order valence-electron chi connectivity index (χ1n) is 15.2. The molecule has 0 bridgehead atoms. The summed E-state index contributed by atoms with van der Waals surface area (Å²) >= 11 is 8.38. The maximum atomic E-state index is 14.0. The van der Waals surface area contributed by atoms with Gasteiger partial charge in [-0.25, -0.2) is 0 Å². The first-order chi connectivity index (χ1) is 20.7. The number of Topliss-reactive ketones (excluding diaryl/α,β-unsaturated/α-hetero) is 2. The highest BCUT2D eigenvalue weighted by Crippen LogP contribution is 2.55. The quantitative estimate of drug-likeness (QED) is 0.277. The molecule has 3 aliphatic rings. The van der Waals surface area contributed by atoms with Gasteiger partial charge in [-0.3, -0.25) is 14.4 Å². The van der Waals surface area contributed by atoms with Crippen LogP contribution in [0.1, 0.15) is 78.7 Å². The van der Waals surface area contributed by atoms with Crippen molar-refractivity contribution in [3.63, 3.8) is 0 Å². The highest BCUT2D eigenvalue weighted by molar-refractivity contribution is 14.1. The molecule has 9 heteroatoms. The van der Waals surface area contributed by atoms with Crippen LogP contribution in [-0.4, -0.2) is 42.1 Å². The molecule has 0 spiro atoms. The number of hydrogen-bond acceptors (Lipinski definition) is 6. The second kappa shape index (κ2) is 12.5. The Morgan fingerprint density at radius 3 is 2.09 bits per heavy atom. The van der Waals surface area contributed by atoms with E-state index in [0.717, 1.165) is 44.5 Å². The SMILES string of the molecule is CCOc1cc(C2C3=C(CC(C)(C)CC3=O)N(CC)C3=C2C(=O)CC(C)(C)C3)cc(I)c1OCC(=O)Nc1ccccc1Cl. The summed E-state index contributed by atoms with van der Waals surface area (Å²) in [6, 6.07) is 10.9. The van der Waals surface area contributed by atoms with Crippen molar-refractivity contribution in [2.45, 2.75) is 73.1 Å². The van der Waals surface area contributed by atoms with Gasteiger partial charge in [-0.15, -0.1) is 0 Å². The van der Waals surface area contributed by atoms with Gasteiger partial charge in [0.15, 0.2) is 29.7 Å². The molecular formula is C35H40ClIN2O5. The second-order valence-electron chi connectivity index (χ2n) is 13.4. The molecule has 1 amide bonds. The lowest BCUT2D eigenvalue weighted by Crippen LogP contribution is -2.44. The maximum absolute atomic E-state index is 14.0. The Balaban J connectivity index is 1.57. The van der Waals surface area contributed by atoms with E-state index < -0.39 is 5.92 Å². The summed E-state index contributed by atoms with van der Waals surface area (Å²) in [6.45, 7) is 13.4. The number of carbonyl (C=O) groups excluding carboxylic acids is 3. The van der Waals surface area contributed by atoms with E-state index in [9.17, 15) is 14.4 Å². The Labute approximate surface area is 278 Å². The van der Waals surface area contributed by atoms with Crippen molar-refractivity contribution in [1.29, 1.82) is 0 Å². The van der Waals surface area contributed by atoms with Crippen molar-refractivity contribution in [2.24, 2.45) is 10.8 Å². The number of rotatable bonds is 8. The van der Waals surface area contributed by atoms with Crippen molar-refractivity contribution in [1.82, 2.24) is 4.90 Å². The number of para-hydroxylation sites is 1. The summed E-state index contributed by atoms with van der Waals surface area (Å²) in [6.07, 6.45) is 2.39. The van der Waals surface area contributed by atoms with Crippen LogP contribution in [0.4, 0.5) is 5.69 Å². The largest absolute Gasteiger partial charge is 0.490 e. The third kappa shape index (κ3) is 6.43. The van der Waals surface area contributed by atoms with Gasteiger partial charge in [-0.05, 0) is 89.9 Å². The zero-order chi connectivity index (χ0) is 32.0. The van der Waals surface area contributed by atoms with E-state index in [4.69, 9.17) is 21.1 Å². The molecule has 2 aliphatic carbocycles. The fourth-order valence-corrected chi connectivity index (χ4v) is 7.77. The van der Waals surface area contributed by atoms with Gasteiger partial charge in [0.25, 0.3) is 5.91 Å². The number of allylic oxidation sites excluding steroid dienone is 4. The van der Waals surface area contributed by atoms with Crippen LogP contribution in [0.15, 0.2) is 58.9 Å². The highest BCUT2D eigenvalue weighted by atomic mass is 127. The predicted molar refractivity (Wildman–Crippen MR) is 181 cm³/mol. The first kappa shape index (κ1) is 32.5. The molecule has 44 heavy (non-hydrogen) atoms. The molecule has 234 valence electrons. The Hall–Kier alpha value is -2.85. The number of halogens is 2. The number of amides is 1. The molecule has 0 unspecified atom stereocenters. The van der Waals surface area contributed by atoms with Crippen LogP contribution in [0.5, 0.6) is 11.5 Å². The van der Waals surface area contributed by atoms with Crippen LogP contribution in [0, 0.1) is 14.4 Å². The minimum atomic E-state index is -0.486. The monoisotopic (exact) mass is 730 g/mol. The van der Waals surface area contributed by atoms with Crippen LogP contribution >= 0.6 is 34.2 Å². The molecule has 0 saturated carbocycles. The van der Waals surface area contributed by atoms with E-state index in [1.165, 1.54) is 0 Å². The summed E-state index contributed by atoms with van der Waals surface area (Å²) in [5.41, 5.74) is 4.50. The standard InChI is InChI=1S/C35H40ClIN2O5/c1-7-39-24-15-34(3,4)17-26(40)31(24)30(32-25(39)16-35(5,6)18-27(32)41)20-13-22(37)33(28(14-20)43-8-2)44-19-29(42)38-23-12-10-9-11-21(23)36/h9-14,30H,7-8,15-19H2,1-6H3,(H,38,42). The van der Waals surface area contributed by atoms with E-state index in [2.05, 4.69) is 67.4 Å². The molecule has 0 aromatic heterocycles. The van der Waals surface area contributed by atoms with Crippen molar-refractivity contribution in [2.75, 3.05) is 25.1 Å². The van der Waals surface area contributed by atoms with Gasteiger partial charge in [0.05, 0.1) is 20.9 Å². The summed E-state index contributed by atoms with van der Waals surface area (Å²) in [5.74, 6) is 0.242. The average molecular weight is 731 g/mol. The number of nitrogens with one attached hydrogen (secondary N) is 1. The van der Waals surface area contributed by atoms with Crippen molar-refractivity contribution < 1.29 is 23.9 Å². The van der Waals surface area contributed by atoms with Gasteiger partial charge >= 0.3 is 0 Å². The third-order valence-corrected chi connectivity index (χ3v) is 9.63. The normalized spacial score (nSPS) is 19.5. The number of benzene rings is 2. The van der Waals surface area contributed by atoms with Gasteiger partial charge in [0.2, 0.25) is 0 Å². The molecule has 0 radical (unpaired) electrons. The van der Waals surface area contributed by atoms with Gasteiger partial charge in [0.1, 0.15) is 0 Å². The summed E-state index contributed by atoms with van der Waals surface area (Å²) in [4.78, 5) is 43.0. The van der Waals surface area contributed by atoms with E-state index >= 15 is 0 Å². The number of nitrogens with zero attached hydrogens (tertiary/aromatic N) is 1. The number of ether oxygens (including phenoxy) is 2. The van der Waals surface area contributed by atoms with E-state index in [1.807, 2.05) is 19.1 Å². The van der Waals surface area contributed by atoms with Crippen LogP contribution in [0.3, 0.4) is 0 Å². The lowest BCUT2D eigenvalue weighted by atomic mass is 9.63. The first-order valence-corrected chi connectivity index (χ1v) is 16.6. The Kier molecular flexibility index (Phi) is 9.25. The number of ketones is 2. The van der Waals surface area contributed by atoms with Gasteiger partial charge in [0, 0.05) is 47.8 Å². The highest BCUT2D eigenvalue weighted by Gasteiger charge is 2.48. The Bertz CT molecular complexity index is 1540. The average Bonchev–Trinajstić information content (AvgIpc) is 2.91. The molecule has 1 heterocycles. The van der Waals surface area contributed by atoms with E-state index in [-0.39, 0.29) is 34.9 Å². The molecule has 2 aromatic rings. The molecular weight excluding hydrogens is 691 g/mol. The molecule has 1 N–H and O–H groups in total. The van der Waals surface area contributed by atoms with Gasteiger partial charge in [-0.2, -0.15) is 0 Å². The molecule has 1 aliphatic heterocycles. The van der Waals surface area contributed by atoms with Gasteiger partial charge < -0.3 is 19.7 Å². The minimum absolute atomic E-state index is 0.0911. The molecule has 0 fully saturated rings. The minimum Gasteiger partial charge on any atom is -0.490 e. The van der Waals surface area contributed by atoms with Crippen molar-refractivity contribution in [3.05, 3.63) is 73.1 Å². The molecule has 0 atom stereocenters. The fourth-order valence-electron chi connectivity index (χ4n) is 6.81. The Morgan fingerprint density at radius 1 is 0.955 bits per heavy atom. The lowest BCUT2D eigenvalue weighted by Gasteiger charge is -2.49. The number of anilines is 1. The van der Waals surface area contributed by atoms with Crippen LogP contribution in [0.25, 0.3) is 0 Å². The molecule has 0 saturated heterocycles.